The summed E-state index contributed by atoms with van der Waals surface area (Å²) in [5.74, 6) is 0. The molecule has 1 nitrogen and oxygen atoms in total. The van der Waals surface area contributed by atoms with Crippen LogP contribution in [0.5, 0.6) is 0 Å². The van der Waals surface area contributed by atoms with Gasteiger partial charge >= 0.3 is 6.18 Å². The summed E-state index contributed by atoms with van der Waals surface area (Å²) in [6.45, 7) is 3.23. The van der Waals surface area contributed by atoms with Gasteiger partial charge in [0.15, 0.2) is 5.60 Å². The molecule has 1 atom stereocenters. The molecule has 0 saturated heterocycles. The van der Waals surface area contributed by atoms with Crippen LogP contribution in [-0.2, 0) is 0 Å². The van der Waals surface area contributed by atoms with E-state index in [2.05, 4.69) is 0 Å². The first-order chi connectivity index (χ1) is 8.74. The maximum absolute atomic E-state index is 12.9. The highest BCUT2D eigenvalue weighted by Crippen LogP contribution is 2.44. The molecule has 1 aromatic rings. The maximum Gasteiger partial charge on any atom is 0.421 e. The molecule has 0 aromatic heterocycles. The average Bonchev–Trinajstić information content (AvgIpc) is 2.27. The quantitative estimate of drug-likeness (QED) is 0.813. The lowest BCUT2D eigenvalue weighted by atomic mass is 9.80. The van der Waals surface area contributed by atoms with E-state index in [4.69, 9.17) is 0 Å². The summed E-state index contributed by atoms with van der Waals surface area (Å²) in [5.41, 5.74) is -0.0901. The predicted octanol–water partition coefficient (Wildman–Crippen LogP) is 4.10. The van der Waals surface area contributed by atoms with E-state index < -0.39 is 18.2 Å². The molecule has 0 spiro atoms. The second-order valence-corrected chi connectivity index (χ2v) is 4.95. The van der Waals surface area contributed by atoms with Crippen LogP contribution in [0.1, 0.15) is 25.8 Å². The molecule has 4 heteroatoms. The van der Waals surface area contributed by atoms with E-state index in [1.54, 1.807) is 13.8 Å². The molecule has 0 radical (unpaired) electrons. The summed E-state index contributed by atoms with van der Waals surface area (Å²) in [6, 6.07) is 9.25. The molecule has 0 fully saturated rings. The first kappa shape index (κ1) is 13.9. The van der Waals surface area contributed by atoms with Gasteiger partial charge in [-0.15, -0.1) is 0 Å². The summed E-state index contributed by atoms with van der Waals surface area (Å²) in [7, 11) is 0. The van der Waals surface area contributed by atoms with Crippen LogP contribution in [0.25, 0.3) is 5.57 Å². The van der Waals surface area contributed by atoms with Gasteiger partial charge in [0, 0.05) is 6.42 Å². The van der Waals surface area contributed by atoms with Crippen LogP contribution in [0.15, 0.2) is 47.6 Å². The highest BCUT2D eigenvalue weighted by Gasteiger charge is 2.53. The Morgan fingerprint density at radius 1 is 1.11 bits per heavy atom. The fourth-order valence-corrected chi connectivity index (χ4v) is 2.57. The molecule has 1 aliphatic carbocycles. The molecule has 0 saturated carbocycles. The molecule has 102 valence electrons. The number of halogens is 3. The third-order valence-electron chi connectivity index (χ3n) is 3.36. The predicted molar refractivity (Wildman–Crippen MR) is 68.4 cm³/mol. The Bertz CT molecular complexity index is 540. The first-order valence-corrected chi connectivity index (χ1v) is 5.99. The van der Waals surface area contributed by atoms with Crippen molar-refractivity contribution in [1.29, 1.82) is 0 Å². The van der Waals surface area contributed by atoms with Crippen molar-refractivity contribution in [1.82, 2.24) is 0 Å². The van der Waals surface area contributed by atoms with Gasteiger partial charge in [-0.25, -0.2) is 0 Å². The molecule has 1 aromatic carbocycles. The van der Waals surface area contributed by atoms with Crippen molar-refractivity contribution < 1.29 is 18.3 Å². The van der Waals surface area contributed by atoms with Crippen LogP contribution in [0, 0.1) is 0 Å². The Hall–Kier alpha value is -1.55. The average molecular weight is 268 g/mol. The number of allylic oxidation sites excluding steroid dienone is 2. The van der Waals surface area contributed by atoms with E-state index in [0.29, 0.717) is 11.1 Å². The minimum Gasteiger partial charge on any atom is -0.376 e. The highest BCUT2D eigenvalue weighted by atomic mass is 19.4. The largest absolute Gasteiger partial charge is 0.421 e. The molecule has 1 unspecified atom stereocenters. The van der Waals surface area contributed by atoms with Crippen molar-refractivity contribution in [2.24, 2.45) is 0 Å². The number of aliphatic hydroxyl groups is 1. The summed E-state index contributed by atoms with van der Waals surface area (Å²) in [6.07, 6.45) is -4.15. The van der Waals surface area contributed by atoms with Crippen LogP contribution >= 0.6 is 0 Å². The van der Waals surface area contributed by atoms with E-state index in [-0.39, 0.29) is 0 Å². The Balaban J connectivity index is 2.47. The maximum atomic E-state index is 12.9. The zero-order valence-electron chi connectivity index (χ0n) is 10.8. The van der Waals surface area contributed by atoms with Gasteiger partial charge in [0.2, 0.25) is 0 Å². The van der Waals surface area contributed by atoms with Crippen LogP contribution in [0.3, 0.4) is 0 Å². The fraction of sp³-hybridized carbons (Fsp3) is 0.333. The molecule has 0 amide bonds. The Labute approximate surface area is 110 Å². The molecule has 2 rings (SSSR count). The van der Waals surface area contributed by atoms with Crippen molar-refractivity contribution in [2.45, 2.75) is 32.0 Å². The molecular weight excluding hydrogens is 253 g/mol. The number of alkyl halides is 3. The fourth-order valence-electron chi connectivity index (χ4n) is 2.57. The van der Waals surface area contributed by atoms with Crippen LogP contribution in [0.4, 0.5) is 13.2 Å². The monoisotopic (exact) mass is 268 g/mol. The van der Waals surface area contributed by atoms with Gasteiger partial charge in [-0.05, 0) is 36.6 Å². The van der Waals surface area contributed by atoms with Crippen molar-refractivity contribution in [3.63, 3.8) is 0 Å². The number of hydrogen-bond acceptors (Lipinski definition) is 1. The molecule has 19 heavy (non-hydrogen) atoms. The van der Waals surface area contributed by atoms with Crippen LogP contribution in [0.2, 0.25) is 0 Å². The SMILES string of the molecule is CC1=CC(O)(C(F)(F)F)CC(C)=C1c1ccccc1. The molecular formula is C15H15F3O. The minimum absolute atomic E-state index is 0.419. The first-order valence-electron chi connectivity index (χ1n) is 5.99. The zero-order chi connectivity index (χ0) is 14.3. The van der Waals surface area contributed by atoms with Gasteiger partial charge in [0.1, 0.15) is 0 Å². The third kappa shape index (κ3) is 2.45. The number of rotatable bonds is 1. The number of benzene rings is 1. The lowest BCUT2D eigenvalue weighted by molar-refractivity contribution is -0.239. The van der Waals surface area contributed by atoms with Gasteiger partial charge in [-0.3, -0.25) is 0 Å². The summed E-state index contributed by atoms with van der Waals surface area (Å²) >= 11 is 0. The van der Waals surface area contributed by atoms with E-state index >= 15 is 0 Å². The summed E-state index contributed by atoms with van der Waals surface area (Å²) in [5, 5.41) is 9.78. The van der Waals surface area contributed by atoms with Crippen molar-refractivity contribution in [2.75, 3.05) is 0 Å². The van der Waals surface area contributed by atoms with Gasteiger partial charge in [0.25, 0.3) is 0 Å². The third-order valence-corrected chi connectivity index (χ3v) is 3.36. The second-order valence-electron chi connectivity index (χ2n) is 4.95. The number of hydrogen-bond donors (Lipinski definition) is 1. The van der Waals surface area contributed by atoms with E-state index in [1.165, 1.54) is 0 Å². The molecule has 0 bridgehead atoms. The molecule has 1 aliphatic rings. The van der Waals surface area contributed by atoms with Crippen molar-refractivity contribution in [3.8, 4) is 0 Å². The lowest BCUT2D eigenvalue weighted by Crippen LogP contribution is -2.45. The standard InChI is InChI=1S/C15H15F3O/c1-10-8-14(19,15(16,17)18)9-11(2)13(10)12-6-4-3-5-7-12/h3-8,19H,9H2,1-2H3. The second kappa shape index (κ2) is 4.53. The molecule has 0 heterocycles. The van der Waals surface area contributed by atoms with Crippen LogP contribution < -0.4 is 0 Å². The Morgan fingerprint density at radius 3 is 2.16 bits per heavy atom. The minimum atomic E-state index is -4.66. The van der Waals surface area contributed by atoms with Crippen molar-refractivity contribution >= 4 is 5.57 Å². The molecule has 0 aliphatic heterocycles. The summed E-state index contributed by atoms with van der Waals surface area (Å²) < 4.78 is 38.7. The van der Waals surface area contributed by atoms with E-state index in [0.717, 1.165) is 17.2 Å². The van der Waals surface area contributed by atoms with Crippen LogP contribution in [-0.4, -0.2) is 16.9 Å². The molecule has 1 N–H and O–H groups in total. The van der Waals surface area contributed by atoms with Gasteiger partial charge in [-0.1, -0.05) is 35.9 Å². The van der Waals surface area contributed by atoms with E-state index in [1.807, 2.05) is 30.3 Å². The lowest BCUT2D eigenvalue weighted by Gasteiger charge is -2.33. The summed E-state index contributed by atoms with van der Waals surface area (Å²) in [4.78, 5) is 0. The Kier molecular flexibility index (Phi) is 3.31. The normalized spacial score (nSPS) is 24.4. The van der Waals surface area contributed by atoms with Gasteiger partial charge < -0.3 is 5.11 Å². The smallest absolute Gasteiger partial charge is 0.376 e. The van der Waals surface area contributed by atoms with E-state index in [9.17, 15) is 18.3 Å². The van der Waals surface area contributed by atoms with Crippen molar-refractivity contribution in [3.05, 3.63) is 53.1 Å². The zero-order valence-corrected chi connectivity index (χ0v) is 10.8. The van der Waals surface area contributed by atoms with Gasteiger partial charge in [-0.2, -0.15) is 13.2 Å². The topological polar surface area (TPSA) is 20.2 Å². The van der Waals surface area contributed by atoms with Gasteiger partial charge in [0.05, 0.1) is 0 Å². The Morgan fingerprint density at radius 2 is 1.68 bits per heavy atom. The highest BCUT2D eigenvalue weighted by molar-refractivity contribution is 5.82.